The fourth-order valence-electron chi connectivity index (χ4n) is 1.54. The average molecular weight is 228 g/mol. The molecule has 16 heavy (non-hydrogen) atoms. The molecule has 92 valence electrons. The topological polar surface area (TPSA) is 115 Å². The van der Waals surface area contributed by atoms with Crippen LogP contribution in [0.2, 0.25) is 0 Å². The molecular formula is C9H20N6O. The van der Waals surface area contributed by atoms with Crippen molar-refractivity contribution in [3.63, 3.8) is 0 Å². The highest BCUT2D eigenvalue weighted by Gasteiger charge is 2.18. The first kappa shape index (κ1) is 12.7. The first-order chi connectivity index (χ1) is 7.61. The van der Waals surface area contributed by atoms with E-state index in [0.717, 1.165) is 26.2 Å². The molecule has 1 rings (SSSR count). The van der Waals surface area contributed by atoms with Crippen molar-refractivity contribution in [1.29, 1.82) is 0 Å². The van der Waals surface area contributed by atoms with Gasteiger partial charge in [-0.15, -0.1) is 0 Å². The van der Waals surface area contributed by atoms with Gasteiger partial charge in [-0.2, -0.15) is 4.99 Å². The summed E-state index contributed by atoms with van der Waals surface area (Å²) in [5, 5.41) is 0. The van der Waals surface area contributed by atoms with Gasteiger partial charge in [-0.3, -0.25) is 4.90 Å². The van der Waals surface area contributed by atoms with Gasteiger partial charge >= 0.3 is 0 Å². The summed E-state index contributed by atoms with van der Waals surface area (Å²) in [6.07, 6.45) is 0.0708. The Hall–Kier alpha value is -1.34. The third-order valence-electron chi connectivity index (χ3n) is 2.37. The number of ether oxygens (including phenoxy) is 1. The number of guanidine groups is 2. The minimum absolute atomic E-state index is 0.0708. The van der Waals surface area contributed by atoms with Crippen molar-refractivity contribution in [2.24, 2.45) is 27.2 Å². The van der Waals surface area contributed by atoms with E-state index in [4.69, 9.17) is 21.9 Å². The first-order valence-electron chi connectivity index (χ1n) is 5.35. The molecule has 0 aromatic heterocycles. The van der Waals surface area contributed by atoms with Crippen LogP contribution in [0.5, 0.6) is 0 Å². The molecule has 6 N–H and O–H groups in total. The van der Waals surface area contributed by atoms with E-state index in [9.17, 15) is 0 Å². The van der Waals surface area contributed by atoms with Crippen molar-refractivity contribution in [3.05, 3.63) is 0 Å². The molecule has 0 aliphatic carbocycles. The van der Waals surface area contributed by atoms with Crippen LogP contribution >= 0.6 is 0 Å². The van der Waals surface area contributed by atoms with Crippen LogP contribution in [0, 0.1) is 0 Å². The highest BCUT2D eigenvalue weighted by molar-refractivity contribution is 5.92. The van der Waals surface area contributed by atoms with Gasteiger partial charge in [0.1, 0.15) is 0 Å². The van der Waals surface area contributed by atoms with Crippen molar-refractivity contribution in [3.8, 4) is 0 Å². The molecule has 0 radical (unpaired) electrons. The molecule has 0 aromatic carbocycles. The molecule has 0 aromatic rings. The molecule has 1 aliphatic rings. The number of nitrogens with zero attached hydrogens (tertiary/aromatic N) is 3. The predicted molar refractivity (Wildman–Crippen MR) is 64.2 cm³/mol. The zero-order valence-corrected chi connectivity index (χ0v) is 9.59. The van der Waals surface area contributed by atoms with E-state index >= 15 is 0 Å². The molecule has 7 nitrogen and oxygen atoms in total. The Balaban J connectivity index is 2.39. The lowest BCUT2D eigenvalue weighted by Gasteiger charge is -2.31. The van der Waals surface area contributed by atoms with Crippen molar-refractivity contribution in [1.82, 2.24) is 4.90 Å². The molecule has 1 saturated heterocycles. The van der Waals surface area contributed by atoms with Crippen molar-refractivity contribution in [2.75, 3.05) is 32.8 Å². The predicted octanol–water partition coefficient (Wildman–Crippen LogP) is -1.70. The summed E-state index contributed by atoms with van der Waals surface area (Å²) >= 11 is 0. The molecule has 1 atom stereocenters. The van der Waals surface area contributed by atoms with E-state index in [-0.39, 0.29) is 18.0 Å². The molecule has 0 saturated carbocycles. The van der Waals surface area contributed by atoms with Crippen LogP contribution in [-0.2, 0) is 4.74 Å². The fourth-order valence-corrected chi connectivity index (χ4v) is 1.54. The van der Waals surface area contributed by atoms with Gasteiger partial charge in [0.2, 0.25) is 5.96 Å². The number of likely N-dealkylation sites (N-methyl/N-ethyl adjacent to an activating group) is 1. The third kappa shape index (κ3) is 4.45. The molecule has 1 fully saturated rings. The van der Waals surface area contributed by atoms with Gasteiger partial charge in [0.25, 0.3) is 0 Å². The number of morpholine rings is 1. The van der Waals surface area contributed by atoms with Gasteiger partial charge in [0.15, 0.2) is 5.96 Å². The number of rotatable bonds is 3. The molecule has 0 spiro atoms. The summed E-state index contributed by atoms with van der Waals surface area (Å²) < 4.78 is 5.55. The average Bonchev–Trinajstić information content (AvgIpc) is 2.26. The van der Waals surface area contributed by atoms with Gasteiger partial charge in [0.05, 0.1) is 19.3 Å². The number of aliphatic imine (C=N–C) groups is 2. The highest BCUT2D eigenvalue weighted by atomic mass is 16.5. The summed E-state index contributed by atoms with van der Waals surface area (Å²) in [6.45, 7) is 6.21. The van der Waals surface area contributed by atoms with Crippen LogP contribution in [0.15, 0.2) is 9.98 Å². The molecular weight excluding hydrogens is 208 g/mol. The SMILES string of the molecule is CCN1CCOC(CN=C(N)N=C(N)N)C1. The van der Waals surface area contributed by atoms with Crippen LogP contribution < -0.4 is 17.2 Å². The van der Waals surface area contributed by atoms with E-state index in [1.54, 1.807) is 0 Å². The summed E-state index contributed by atoms with van der Waals surface area (Å²) in [5.74, 6) is 0.0122. The van der Waals surface area contributed by atoms with Gasteiger partial charge in [-0.05, 0) is 6.54 Å². The Kier molecular flexibility index (Phi) is 5.00. The first-order valence-corrected chi connectivity index (χ1v) is 5.35. The van der Waals surface area contributed by atoms with Crippen LogP contribution in [-0.4, -0.2) is 55.7 Å². The third-order valence-corrected chi connectivity index (χ3v) is 2.37. The lowest BCUT2D eigenvalue weighted by molar-refractivity contribution is -0.0209. The second kappa shape index (κ2) is 6.29. The maximum absolute atomic E-state index is 5.55. The van der Waals surface area contributed by atoms with E-state index in [1.807, 2.05) is 0 Å². The zero-order valence-electron chi connectivity index (χ0n) is 9.59. The number of hydrogen-bond acceptors (Lipinski definition) is 3. The molecule has 0 bridgehead atoms. The molecule has 0 amide bonds. The second-order valence-corrected chi connectivity index (χ2v) is 3.62. The minimum Gasteiger partial charge on any atom is -0.374 e. The van der Waals surface area contributed by atoms with E-state index in [1.165, 1.54) is 0 Å². The molecule has 1 aliphatic heterocycles. The highest BCUT2D eigenvalue weighted by Crippen LogP contribution is 2.04. The summed E-state index contributed by atoms with van der Waals surface area (Å²) in [7, 11) is 0. The van der Waals surface area contributed by atoms with Crippen molar-refractivity contribution < 1.29 is 4.74 Å². The second-order valence-electron chi connectivity index (χ2n) is 3.62. The Morgan fingerprint density at radius 1 is 1.44 bits per heavy atom. The van der Waals surface area contributed by atoms with Crippen LogP contribution in [0.1, 0.15) is 6.92 Å². The number of nitrogens with two attached hydrogens (primary N) is 3. The minimum atomic E-state index is -0.0824. The van der Waals surface area contributed by atoms with Gasteiger partial charge in [-0.25, -0.2) is 4.99 Å². The van der Waals surface area contributed by atoms with Gasteiger partial charge in [0, 0.05) is 13.1 Å². The molecule has 1 unspecified atom stereocenters. The van der Waals surface area contributed by atoms with Gasteiger partial charge < -0.3 is 21.9 Å². The Labute approximate surface area is 95.3 Å². The monoisotopic (exact) mass is 228 g/mol. The quantitative estimate of drug-likeness (QED) is 0.393. The number of hydrogen-bond donors (Lipinski definition) is 3. The smallest absolute Gasteiger partial charge is 0.218 e. The van der Waals surface area contributed by atoms with Gasteiger partial charge in [-0.1, -0.05) is 6.92 Å². The normalized spacial score (nSPS) is 23.1. The van der Waals surface area contributed by atoms with Crippen LogP contribution in [0.3, 0.4) is 0 Å². The fraction of sp³-hybridized carbons (Fsp3) is 0.778. The molecule has 7 heteroatoms. The molecule has 1 heterocycles. The Morgan fingerprint density at radius 3 is 2.81 bits per heavy atom. The maximum atomic E-state index is 5.55. The van der Waals surface area contributed by atoms with Crippen molar-refractivity contribution >= 4 is 11.9 Å². The lowest BCUT2D eigenvalue weighted by atomic mass is 10.3. The standard InChI is InChI=1S/C9H20N6O/c1-2-15-3-4-16-7(6-15)5-13-9(12)14-8(10)11/h7H,2-6H2,1H3,(H6,10,11,12,13,14). The van der Waals surface area contributed by atoms with E-state index < -0.39 is 0 Å². The van der Waals surface area contributed by atoms with Crippen LogP contribution in [0.25, 0.3) is 0 Å². The Bertz CT molecular complexity index is 273. The zero-order chi connectivity index (χ0) is 12.0. The van der Waals surface area contributed by atoms with Crippen LogP contribution in [0.4, 0.5) is 0 Å². The summed E-state index contributed by atoms with van der Waals surface area (Å²) in [6, 6.07) is 0. The van der Waals surface area contributed by atoms with E-state index in [0.29, 0.717) is 6.54 Å². The summed E-state index contributed by atoms with van der Waals surface area (Å²) in [4.78, 5) is 9.99. The largest absolute Gasteiger partial charge is 0.374 e. The summed E-state index contributed by atoms with van der Waals surface area (Å²) in [5.41, 5.74) is 15.8. The van der Waals surface area contributed by atoms with Crippen molar-refractivity contribution in [2.45, 2.75) is 13.0 Å². The van der Waals surface area contributed by atoms with E-state index in [2.05, 4.69) is 21.8 Å². The maximum Gasteiger partial charge on any atom is 0.218 e. The Morgan fingerprint density at radius 2 is 2.19 bits per heavy atom. The lowest BCUT2D eigenvalue weighted by Crippen LogP contribution is -2.43.